The van der Waals surface area contributed by atoms with Crippen molar-refractivity contribution >= 4 is 28.2 Å². The van der Waals surface area contributed by atoms with E-state index in [9.17, 15) is 4.79 Å². The summed E-state index contributed by atoms with van der Waals surface area (Å²) in [5.74, 6) is 0.847. The molecule has 5 nitrogen and oxygen atoms in total. The van der Waals surface area contributed by atoms with Crippen LogP contribution in [-0.4, -0.2) is 48.4 Å². The molecule has 0 radical (unpaired) electrons. The predicted molar refractivity (Wildman–Crippen MR) is 109 cm³/mol. The second-order valence-electron chi connectivity index (χ2n) is 7.11. The molecule has 1 aromatic carbocycles. The lowest BCUT2D eigenvalue weighted by Crippen LogP contribution is -2.49. The van der Waals surface area contributed by atoms with Gasteiger partial charge in [-0.2, -0.15) is 0 Å². The highest BCUT2D eigenvalue weighted by molar-refractivity contribution is 7.09. The molecule has 1 aliphatic rings. The number of amides is 1. The number of para-hydroxylation sites is 1. The normalized spacial score (nSPS) is 17.2. The topological polar surface area (TPSA) is 48.7 Å². The third-order valence-electron chi connectivity index (χ3n) is 5.04. The van der Waals surface area contributed by atoms with Crippen LogP contribution in [0.4, 0.5) is 0 Å². The molecule has 0 bridgehead atoms. The second kappa shape index (κ2) is 8.25. The number of nitrogens with zero attached hydrogens (tertiary/aromatic N) is 2. The number of hydrogen-bond acceptors (Lipinski definition) is 5. The molecule has 1 saturated heterocycles. The molecule has 3 aromatic rings. The number of fused-ring (bicyclic) bond motifs is 1. The summed E-state index contributed by atoms with van der Waals surface area (Å²) < 4.78 is 5.85. The Labute approximate surface area is 163 Å². The van der Waals surface area contributed by atoms with E-state index >= 15 is 0 Å². The third-order valence-corrected chi connectivity index (χ3v) is 5.90. The Balaban J connectivity index is 1.24. The molecule has 0 spiro atoms. The zero-order chi connectivity index (χ0) is 18.6. The van der Waals surface area contributed by atoms with Gasteiger partial charge in [-0.3, -0.25) is 14.6 Å². The van der Waals surface area contributed by atoms with Crippen molar-refractivity contribution in [3.8, 4) is 0 Å². The maximum atomic E-state index is 12.4. The van der Waals surface area contributed by atoms with E-state index in [4.69, 9.17) is 4.42 Å². The summed E-state index contributed by atoms with van der Waals surface area (Å²) >= 11 is 1.81. The van der Waals surface area contributed by atoms with Gasteiger partial charge in [0, 0.05) is 43.0 Å². The van der Waals surface area contributed by atoms with Gasteiger partial charge in [0.25, 0.3) is 0 Å². The van der Waals surface area contributed by atoms with E-state index in [0.717, 1.165) is 49.5 Å². The number of benzene rings is 1. The number of carbonyl (C=O) groups excluding carboxylic acids is 1. The lowest BCUT2D eigenvalue weighted by molar-refractivity contribution is -0.123. The fourth-order valence-electron chi connectivity index (χ4n) is 3.51. The number of hydrogen-bond donors (Lipinski definition) is 1. The molecule has 27 heavy (non-hydrogen) atoms. The molecule has 0 saturated carbocycles. The zero-order valence-electron chi connectivity index (χ0n) is 15.6. The van der Waals surface area contributed by atoms with Gasteiger partial charge in [-0.05, 0) is 30.5 Å². The number of carbonyl (C=O) groups is 1. The highest BCUT2D eigenvalue weighted by atomic mass is 32.1. The lowest BCUT2D eigenvalue weighted by atomic mass is 10.2. The van der Waals surface area contributed by atoms with Crippen LogP contribution in [0.15, 0.2) is 52.3 Å². The first-order valence-corrected chi connectivity index (χ1v) is 10.3. The summed E-state index contributed by atoms with van der Waals surface area (Å²) in [6, 6.07) is 14.1. The molecule has 0 unspecified atom stereocenters. The monoisotopic (exact) mass is 383 g/mol. The van der Waals surface area contributed by atoms with E-state index in [2.05, 4.69) is 32.6 Å². The van der Waals surface area contributed by atoms with E-state index in [1.54, 1.807) is 11.3 Å². The Hall–Kier alpha value is -2.15. The van der Waals surface area contributed by atoms with Crippen molar-refractivity contribution in [2.45, 2.75) is 19.5 Å². The smallest absolute Gasteiger partial charge is 0.234 e. The van der Waals surface area contributed by atoms with Crippen LogP contribution in [0.25, 0.3) is 11.0 Å². The van der Waals surface area contributed by atoms with Crippen molar-refractivity contribution in [2.24, 2.45) is 0 Å². The summed E-state index contributed by atoms with van der Waals surface area (Å²) in [5, 5.41) is 6.26. The van der Waals surface area contributed by atoms with Gasteiger partial charge in [0.05, 0.1) is 12.6 Å². The Morgan fingerprint density at radius 2 is 1.93 bits per heavy atom. The minimum Gasteiger partial charge on any atom is -0.459 e. The molecule has 3 heterocycles. The minimum atomic E-state index is -0.134. The quantitative estimate of drug-likeness (QED) is 0.708. The summed E-state index contributed by atoms with van der Waals surface area (Å²) in [7, 11) is 0. The van der Waals surface area contributed by atoms with Crippen LogP contribution in [-0.2, 0) is 11.3 Å². The van der Waals surface area contributed by atoms with Crippen LogP contribution in [0, 0.1) is 0 Å². The average Bonchev–Trinajstić information content (AvgIpc) is 3.32. The molecular weight excluding hydrogens is 358 g/mol. The standard InChI is InChI=1S/C21H25N3O2S/c1-16(20-13-17-5-2-3-7-19(17)26-20)22-21(25)15-24-10-8-23(9-11-24)14-18-6-4-12-27-18/h2-7,12-13,16H,8-11,14-15H2,1H3,(H,22,25)/t16-/m1/s1. The van der Waals surface area contributed by atoms with Gasteiger partial charge in [-0.25, -0.2) is 0 Å². The Morgan fingerprint density at radius 1 is 1.15 bits per heavy atom. The average molecular weight is 384 g/mol. The molecule has 6 heteroatoms. The van der Waals surface area contributed by atoms with E-state index < -0.39 is 0 Å². The van der Waals surface area contributed by atoms with Crippen molar-refractivity contribution in [3.63, 3.8) is 0 Å². The number of thiophene rings is 1. The van der Waals surface area contributed by atoms with E-state index in [-0.39, 0.29) is 11.9 Å². The molecule has 1 atom stereocenters. The third kappa shape index (κ3) is 4.58. The Morgan fingerprint density at radius 3 is 2.67 bits per heavy atom. The number of piperazine rings is 1. The summed E-state index contributed by atoms with van der Waals surface area (Å²) in [6.45, 7) is 7.29. The van der Waals surface area contributed by atoms with Crippen LogP contribution >= 0.6 is 11.3 Å². The number of nitrogens with one attached hydrogen (secondary N) is 1. The summed E-state index contributed by atoms with van der Waals surface area (Å²) in [4.78, 5) is 18.5. The first-order chi connectivity index (χ1) is 13.2. The van der Waals surface area contributed by atoms with Crippen LogP contribution in [0.2, 0.25) is 0 Å². The van der Waals surface area contributed by atoms with Gasteiger partial charge in [-0.15, -0.1) is 11.3 Å². The highest BCUT2D eigenvalue weighted by Crippen LogP contribution is 2.23. The highest BCUT2D eigenvalue weighted by Gasteiger charge is 2.21. The van der Waals surface area contributed by atoms with Gasteiger partial charge < -0.3 is 9.73 Å². The largest absolute Gasteiger partial charge is 0.459 e. The number of rotatable bonds is 6. The zero-order valence-corrected chi connectivity index (χ0v) is 16.4. The summed E-state index contributed by atoms with van der Waals surface area (Å²) in [6.07, 6.45) is 0. The van der Waals surface area contributed by atoms with Gasteiger partial charge in [0.2, 0.25) is 5.91 Å². The minimum absolute atomic E-state index is 0.0506. The van der Waals surface area contributed by atoms with Crippen LogP contribution in [0.3, 0.4) is 0 Å². The van der Waals surface area contributed by atoms with Crippen LogP contribution in [0.5, 0.6) is 0 Å². The fraction of sp³-hybridized carbons (Fsp3) is 0.381. The van der Waals surface area contributed by atoms with E-state index in [0.29, 0.717) is 6.54 Å². The molecule has 142 valence electrons. The molecule has 1 amide bonds. The van der Waals surface area contributed by atoms with Gasteiger partial charge >= 0.3 is 0 Å². The fourth-order valence-corrected chi connectivity index (χ4v) is 4.25. The predicted octanol–water partition coefficient (Wildman–Crippen LogP) is 3.49. The van der Waals surface area contributed by atoms with Crippen molar-refractivity contribution in [1.29, 1.82) is 0 Å². The Bertz CT molecular complexity index is 849. The van der Waals surface area contributed by atoms with Crippen molar-refractivity contribution < 1.29 is 9.21 Å². The number of furan rings is 1. The van der Waals surface area contributed by atoms with E-state index in [1.165, 1.54) is 4.88 Å². The van der Waals surface area contributed by atoms with Crippen molar-refractivity contribution in [2.75, 3.05) is 32.7 Å². The first-order valence-electron chi connectivity index (χ1n) is 9.42. The molecule has 1 aliphatic heterocycles. The van der Waals surface area contributed by atoms with Crippen molar-refractivity contribution in [3.05, 3.63) is 58.5 Å². The molecule has 2 aromatic heterocycles. The molecule has 4 rings (SSSR count). The Kier molecular flexibility index (Phi) is 5.57. The second-order valence-corrected chi connectivity index (χ2v) is 8.14. The van der Waals surface area contributed by atoms with Crippen LogP contribution in [0.1, 0.15) is 23.6 Å². The van der Waals surface area contributed by atoms with E-state index in [1.807, 2.05) is 37.3 Å². The maximum absolute atomic E-state index is 12.4. The molecule has 0 aliphatic carbocycles. The van der Waals surface area contributed by atoms with Gasteiger partial charge in [0.1, 0.15) is 11.3 Å². The lowest BCUT2D eigenvalue weighted by Gasteiger charge is -2.34. The maximum Gasteiger partial charge on any atom is 0.234 e. The SMILES string of the molecule is C[C@@H](NC(=O)CN1CCN(Cc2cccs2)CC1)c1cc2ccccc2o1. The summed E-state index contributed by atoms with van der Waals surface area (Å²) in [5.41, 5.74) is 0.857. The molecular formula is C21H25N3O2S. The molecule has 1 N–H and O–H groups in total. The van der Waals surface area contributed by atoms with Crippen LogP contribution < -0.4 is 5.32 Å². The molecule has 1 fully saturated rings. The first kappa shape index (κ1) is 18.2. The van der Waals surface area contributed by atoms with Gasteiger partial charge in [0.15, 0.2) is 0 Å². The van der Waals surface area contributed by atoms with Gasteiger partial charge in [-0.1, -0.05) is 24.3 Å². The van der Waals surface area contributed by atoms with Crippen molar-refractivity contribution in [1.82, 2.24) is 15.1 Å².